The van der Waals surface area contributed by atoms with E-state index in [2.05, 4.69) is 4.98 Å². The van der Waals surface area contributed by atoms with Crippen molar-refractivity contribution in [2.45, 2.75) is 19.4 Å². The van der Waals surface area contributed by atoms with Crippen molar-refractivity contribution in [2.24, 2.45) is 5.73 Å². The summed E-state index contributed by atoms with van der Waals surface area (Å²) in [6.07, 6.45) is 1.43. The summed E-state index contributed by atoms with van der Waals surface area (Å²) in [5.41, 5.74) is 11.2. The molecule has 0 saturated carbocycles. The van der Waals surface area contributed by atoms with Crippen molar-refractivity contribution in [3.63, 3.8) is 0 Å². The Morgan fingerprint density at radius 3 is 2.61 bits per heavy atom. The van der Waals surface area contributed by atoms with Gasteiger partial charge in [0.2, 0.25) is 5.88 Å². The number of nitrogen functional groups attached to an aromatic ring is 1. The molecule has 0 bridgehead atoms. The standard InChI is InChI=1S/C12H20N4O2/c1-12(2,16(3)4)7-18-11-9(10(14)17)5-8(13)6-15-11/h5-6H,7,13H2,1-4H3,(H2,14,17). The second-order valence-corrected chi connectivity index (χ2v) is 4.98. The first kappa shape index (κ1) is 14.2. The van der Waals surface area contributed by atoms with Crippen LogP contribution in [0.25, 0.3) is 0 Å². The average molecular weight is 252 g/mol. The molecule has 1 aromatic rings. The number of carbonyl (C=O) groups is 1. The SMILES string of the molecule is CN(C)C(C)(C)COc1ncc(N)cc1C(N)=O. The van der Waals surface area contributed by atoms with Crippen molar-refractivity contribution in [3.8, 4) is 5.88 Å². The number of ether oxygens (including phenoxy) is 1. The van der Waals surface area contributed by atoms with Gasteiger partial charge in [-0.3, -0.25) is 4.79 Å². The summed E-state index contributed by atoms with van der Waals surface area (Å²) >= 11 is 0. The zero-order valence-corrected chi connectivity index (χ0v) is 11.2. The molecule has 0 aliphatic heterocycles. The maximum absolute atomic E-state index is 11.3. The van der Waals surface area contributed by atoms with Crippen LogP contribution >= 0.6 is 0 Å². The van der Waals surface area contributed by atoms with Gasteiger partial charge in [0.1, 0.15) is 12.2 Å². The summed E-state index contributed by atoms with van der Waals surface area (Å²) < 4.78 is 5.57. The van der Waals surface area contributed by atoms with Crippen molar-refractivity contribution >= 4 is 11.6 Å². The van der Waals surface area contributed by atoms with Crippen molar-refractivity contribution in [3.05, 3.63) is 17.8 Å². The lowest BCUT2D eigenvalue weighted by Gasteiger charge is -2.32. The fraction of sp³-hybridized carbons (Fsp3) is 0.500. The zero-order valence-electron chi connectivity index (χ0n) is 11.2. The van der Waals surface area contributed by atoms with Crippen LogP contribution in [0.2, 0.25) is 0 Å². The number of primary amides is 1. The third kappa shape index (κ3) is 3.33. The highest BCUT2D eigenvalue weighted by atomic mass is 16.5. The number of nitrogens with two attached hydrogens (primary N) is 2. The van der Waals surface area contributed by atoms with Crippen LogP contribution in [0.1, 0.15) is 24.2 Å². The van der Waals surface area contributed by atoms with Gasteiger partial charge < -0.3 is 21.1 Å². The molecule has 0 saturated heterocycles. The van der Waals surface area contributed by atoms with Gasteiger partial charge in [-0.2, -0.15) is 0 Å². The minimum absolute atomic E-state index is 0.183. The molecule has 0 unspecified atom stereocenters. The van der Waals surface area contributed by atoms with Crippen LogP contribution in [0.3, 0.4) is 0 Å². The molecule has 4 N–H and O–H groups in total. The van der Waals surface area contributed by atoms with Crippen LogP contribution in [0.5, 0.6) is 5.88 Å². The second kappa shape index (κ2) is 5.22. The molecule has 6 nitrogen and oxygen atoms in total. The molecular weight excluding hydrogens is 232 g/mol. The van der Waals surface area contributed by atoms with Crippen molar-refractivity contribution < 1.29 is 9.53 Å². The summed E-state index contributed by atoms with van der Waals surface area (Å²) in [5.74, 6) is -0.390. The number of aromatic nitrogens is 1. The lowest BCUT2D eigenvalue weighted by molar-refractivity contribution is 0.0969. The Morgan fingerprint density at radius 1 is 1.50 bits per heavy atom. The predicted octanol–water partition coefficient (Wildman–Crippen LogP) is 0.482. The molecule has 1 aromatic heterocycles. The monoisotopic (exact) mass is 252 g/mol. The molecule has 0 aliphatic carbocycles. The summed E-state index contributed by atoms with van der Waals surface area (Å²) in [6.45, 7) is 4.43. The highest BCUT2D eigenvalue weighted by Gasteiger charge is 2.23. The second-order valence-electron chi connectivity index (χ2n) is 4.98. The Balaban J connectivity index is 2.89. The highest BCUT2D eigenvalue weighted by molar-refractivity contribution is 5.95. The molecule has 0 fully saturated rings. The maximum atomic E-state index is 11.3. The number of rotatable bonds is 5. The van der Waals surface area contributed by atoms with Crippen molar-refractivity contribution in [2.75, 3.05) is 26.4 Å². The molecular formula is C12H20N4O2. The van der Waals surface area contributed by atoms with Crippen LogP contribution in [0.15, 0.2) is 12.3 Å². The number of hydrogen-bond donors (Lipinski definition) is 2. The molecule has 18 heavy (non-hydrogen) atoms. The largest absolute Gasteiger partial charge is 0.475 e. The molecule has 1 amide bonds. The first-order valence-corrected chi connectivity index (χ1v) is 5.59. The molecule has 0 spiro atoms. The van der Waals surface area contributed by atoms with E-state index >= 15 is 0 Å². The van der Waals surface area contributed by atoms with Gasteiger partial charge in [0.25, 0.3) is 5.91 Å². The topological polar surface area (TPSA) is 94.5 Å². The molecule has 1 rings (SSSR count). The Bertz CT molecular complexity index is 444. The number of likely N-dealkylation sites (N-methyl/N-ethyl adjacent to an activating group) is 1. The Hall–Kier alpha value is -1.82. The fourth-order valence-corrected chi connectivity index (χ4v) is 1.13. The summed E-state index contributed by atoms with van der Waals surface area (Å²) in [7, 11) is 3.91. The summed E-state index contributed by atoms with van der Waals surface area (Å²) in [6, 6.07) is 1.47. The summed E-state index contributed by atoms with van der Waals surface area (Å²) in [4.78, 5) is 17.3. The zero-order chi connectivity index (χ0) is 13.9. The number of pyridine rings is 1. The van der Waals surface area contributed by atoms with E-state index in [1.165, 1.54) is 12.3 Å². The number of hydrogen-bond acceptors (Lipinski definition) is 5. The van der Waals surface area contributed by atoms with Crippen LogP contribution in [-0.4, -0.2) is 42.0 Å². The van der Waals surface area contributed by atoms with Crippen LogP contribution in [0, 0.1) is 0 Å². The first-order chi connectivity index (χ1) is 8.24. The van der Waals surface area contributed by atoms with Gasteiger partial charge in [-0.1, -0.05) is 0 Å². The highest BCUT2D eigenvalue weighted by Crippen LogP contribution is 2.19. The summed E-state index contributed by atoms with van der Waals surface area (Å²) in [5, 5.41) is 0. The van der Waals surface area contributed by atoms with E-state index in [1.807, 2.05) is 32.8 Å². The van der Waals surface area contributed by atoms with Crippen LogP contribution < -0.4 is 16.2 Å². The molecule has 0 radical (unpaired) electrons. The lowest BCUT2D eigenvalue weighted by Crippen LogP contribution is -2.43. The molecule has 0 aliphatic rings. The minimum atomic E-state index is -0.604. The molecule has 0 aromatic carbocycles. The third-order valence-corrected chi connectivity index (χ3v) is 2.91. The van der Waals surface area contributed by atoms with Crippen LogP contribution in [-0.2, 0) is 0 Å². The van der Waals surface area contributed by atoms with Crippen molar-refractivity contribution in [1.29, 1.82) is 0 Å². The van der Waals surface area contributed by atoms with E-state index < -0.39 is 5.91 Å². The van der Waals surface area contributed by atoms with Gasteiger partial charge in [-0.25, -0.2) is 4.98 Å². The third-order valence-electron chi connectivity index (χ3n) is 2.91. The number of nitrogens with zero attached hydrogens (tertiary/aromatic N) is 2. The predicted molar refractivity (Wildman–Crippen MR) is 70.4 cm³/mol. The first-order valence-electron chi connectivity index (χ1n) is 5.59. The van der Waals surface area contributed by atoms with Gasteiger partial charge in [-0.05, 0) is 34.0 Å². The molecule has 0 atom stereocenters. The molecule has 6 heteroatoms. The van der Waals surface area contributed by atoms with E-state index in [0.29, 0.717) is 12.3 Å². The van der Waals surface area contributed by atoms with E-state index in [0.717, 1.165) is 0 Å². The normalized spacial score (nSPS) is 11.6. The lowest BCUT2D eigenvalue weighted by atomic mass is 10.1. The Labute approximate surface area is 107 Å². The number of anilines is 1. The van der Waals surface area contributed by atoms with E-state index in [-0.39, 0.29) is 17.0 Å². The van der Waals surface area contributed by atoms with E-state index in [1.54, 1.807) is 0 Å². The van der Waals surface area contributed by atoms with Gasteiger partial charge in [0.15, 0.2) is 0 Å². The smallest absolute Gasteiger partial charge is 0.254 e. The fourth-order valence-electron chi connectivity index (χ4n) is 1.13. The number of amides is 1. The van der Waals surface area contributed by atoms with Gasteiger partial charge in [-0.15, -0.1) is 0 Å². The molecule has 100 valence electrons. The van der Waals surface area contributed by atoms with Gasteiger partial charge in [0, 0.05) is 5.54 Å². The average Bonchev–Trinajstić information content (AvgIpc) is 2.27. The molecule has 1 heterocycles. The Morgan fingerprint density at radius 2 is 2.11 bits per heavy atom. The van der Waals surface area contributed by atoms with Gasteiger partial charge >= 0.3 is 0 Å². The van der Waals surface area contributed by atoms with E-state index in [9.17, 15) is 4.79 Å². The quantitative estimate of drug-likeness (QED) is 0.795. The van der Waals surface area contributed by atoms with E-state index in [4.69, 9.17) is 16.2 Å². The number of carbonyl (C=O) groups excluding carboxylic acids is 1. The van der Waals surface area contributed by atoms with Crippen molar-refractivity contribution in [1.82, 2.24) is 9.88 Å². The Kier molecular flexibility index (Phi) is 4.13. The van der Waals surface area contributed by atoms with Gasteiger partial charge in [0.05, 0.1) is 11.9 Å². The maximum Gasteiger partial charge on any atom is 0.254 e. The minimum Gasteiger partial charge on any atom is -0.475 e. The van der Waals surface area contributed by atoms with Crippen LogP contribution in [0.4, 0.5) is 5.69 Å².